The molecule has 1 aromatic rings. The molecule has 0 saturated carbocycles. The third-order valence-corrected chi connectivity index (χ3v) is 6.34. The van der Waals surface area contributed by atoms with Crippen LogP contribution >= 0.6 is 0 Å². The van der Waals surface area contributed by atoms with Crippen LogP contribution in [0.15, 0.2) is 23.1 Å². The van der Waals surface area contributed by atoms with Gasteiger partial charge in [-0.25, -0.2) is 13.1 Å². The summed E-state index contributed by atoms with van der Waals surface area (Å²) < 4.78 is 38.7. The normalized spacial score (nSPS) is 24.3. The third-order valence-electron chi connectivity index (χ3n) is 3.22. The second-order valence-electron chi connectivity index (χ2n) is 4.74. The summed E-state index contributed by atoms with van der Waals surface area (Å²) in [6.45, 7) is 1.72. The molecule has 1 aliphatic heterocycles. The molecule has 1 fully saturated rings. The van der Waals surface area contributed by atoms with Crippen LogP contribution in [0, 0.1) is 6.92 Å². The fourth-order valence-corrected chi connectivity index (χ4v) is 5.19. The molecule has 0 spiro atoms. The van der Waals surface area contributed by atoms with E-state index in [-0.39, 0.29) is 16.6 Å². The molecule has 0 aliphatic carbocycles. The summed E-state index contributed by atoms with van der Waals surface area (Å²) in [5.74, 6) is 1.10. The summed E-state index contributed by atoms with van der Waals surface area (Å²) in [6.07, 6.45) is 1.22. The van der Waals surface area contributed by atoms with Gasteiger partial charge < -0.3 is 5.73 Å². The molecule has 0 amide bonds. The quantitative estimate of drug-likeness (QED) is 0.807. The van der Waals surface area contributed by atoms with Gasteiger partial charge in [-0.3, -0.25) is 4.21 Å². The average Bonchev–Trinajstić information content (AvgIpc) is 2.31. The van der Waals surface area contributed by atoms with E-state index in [0.29, 0.717) is 29.9 Å². The van der Waals surface area contributed by atoms with Gasteiger partial charge in [0.25, 0.3) is 0 Å². The van der Waals surface area contributed by atoms with Gasteiger partial charge in [0.1, 0.15) is 4.90 Å². The monoisotopic (exact) mass is 302 g/mol. The van der Waals surface area contributed by atoms with Crippen LogP contribution < -0.4 is 10.5 Å². The minimum atomic E-state index is -3.61. The van der Waals surface area contributed by atoms with Gasteiger partial charge in [-0.15, -0.1) is 0 Å². The van der Waals surface area contributed by atoms with E-state index < -0.39 is 20.8 Å². The number of sulfonamides is 1. The number of aryl methyl sites for hydroxylation is 1. The van der Waals surface area contributed by atoms with Crippen LogP contribution in [-0.2, 0) is 20.8 Å². The zero-order valence-electron chi connectivity index (χ0n) is 10.8. The van der Waals surface area contributed by atoms with Crippen molar-refractivity contribution in [2.75, 3.05) is 17.2 Å². The first-order valence-electron chi connectivity index (χ1n) is 6.12. The van der Waals surface area contributed by atoms with E-state index in [1.165, 1.54) is 0 Å². The Hall–Kier alpha value is -0.920. The highest BCUT2D eigenvalue weighted by Gasteiger charge is 2.26. The summed E-state index contributed by atoms with van der Waals surface area (Å²) in [5, 5.41) is 0. The van der Waals surface area contributed by atoms with Gasteiger partial charge in [0, 0.05) is 28.3 Å². The Bertz CT molecular complexity index is 569. The number of nitrogens with two attached hydrogens (primary N) is 1. The molecule has 0 atom stereocenters. The zero-order valence-corrected chi connectivity index (χ0v) is 12.4. The SMILES string of the molecule is Cc1cccc(N)c1S(=O)(=O)NC1CCS(=O)CC1. The van der Waals surface area contributed by atoms with Crippen molar-refractivity contribution in [1.29, 1.82) is 0 Å². The van der Waals surface area contributed by atoms with Crippen molar-refractivity contribution < 1.29 is 12.6 Å². The first-order valence-corrected chi connectivity index (χ1v) is 9.09. The van der Waals surface area contributed by atoms with Crippen LogP contribution in [0.2, 0.25) is 0 Å². The minimum Gasteiger partial charge on any atom is -0.398 e. The van der Waals surface area contributed by atoms with Gasteiger partial charge in [0.05, 0.1) is 5.69 Å². The van der Waals surface area contributed by atoms with E-state index in [9.17, 15) is 12.6 Å². The van der Waals surface area contributed by atoms with Gasteiger partial charge in [-0.05, 0) is 31.4 Å². The van der Waals surface area contributed by atoms with Crippen LogP contribution in [0.1, 0.15) is 18.4 Å². The predicted octanol–water partition coefficient (Wildman–Crippen LogP) is 0.767. The van der Waals surface area contributed by atoms with Crippen LogP contribution in [0.3, 0.4) is 0 Å². The molecular weight excluding hydrogens is 284 g/mol. The predicted molar refractivity (Wildman–Crippen MR) is 76.8 cm³/mol. The highest BCUT2D eigenvalue weighted by Crippen LogP contribution is 2.23. The lowest BCUT2D eigenvalue weighted by Gasteiger charge is -2.23. The maximum atomic E-state index is 12.4. The van der Waals surface area contributed by atoms with Gasteiger partial charge in [0.15, 0.2) is 0 Å². The third kappa shape index (κ3) is 3.34. The van der Waals surface area contributed by atoms with E-state index in [1.807, 2.05) is 0 Å². The van der Waals surface area contributed by atoms with Crippen molar-refractivity contribution in [2.24, 2.45) is 0 Å². The lowest BCUT2D eigenvalue weighted by molar-refractivity contribution is 0.522. The number of anilines is 1. The molecule has 106 valence electrons. The molecule has 5 nitrogen and oxygen atoms in total. The first kappa shape index (κ1) is 14.5. The lowest BCUT2D eigenvalue weighted by Crippen LogP contribution is -2.39. The van der Waals surface area contributed by atoms with Gasteiger partial charge in [-0.1, -0.05) is 12.1 Å². The van der Waals surface area contributed by atoms with Crippen LogP contribution in [-0.4, -0.2) is 30.2 Å². The molecule has 1 heterocycles. The molecule has 0 radical (unpaired) electrons. The van der Waals surface area contributed by atoms with Crippen molar-refractivity contribution in [1.82, 2.24) is 4.72 Å². The number of rotatable bonds is 3. The van der Waals surface area contributed by atoms with Crippen molar-refractivity contribution in [2.45, 2.75) is 30.7 Å². The lowest BCUT2D eigenvalue weighted by atomic mass is 10.2. The van der Waals surface area contributed by atoms with Crippen LogP contribution in [0.5, 0.6) is 0 Å². The summed E-state index contributed by atoms with van der Waals surface area (Å²) in [4.78, 5) is 0.154. The second kappa shape index (κ2) is 5.60. The molecule has 1 aromatic carbocycles. The zero-order chi connectivity index (χ0) is 14.0. The Kier molecular flexibility index (Phi) is 4.27. The highest BCUT2D eigenvalue weighted by atomic mass is 32.2. The first-order chi connectivity index (χ1) is 8.90. The molecule has 19 heavy (non-hydrogen) atoms. The molecule has 3 N–H and O–H groups in total. The van der Waals surface area contributed by atoms with E-state index in [2.05, 4.69) is 4.72 Å². The molecule has 2 rings (SSSR count). The van der Waals surface area contributed by atoms with E-state index in [4.69, 9.17) is 5.73 Å². The van der Waals surface area contributed by atoms with Crippen molar-refractivity contribution >= 4 is 26.5 Å². The van der Waals surface area contributed by atoms with E-state index in [1.54, 1.807) is 25.1 Å². The molecule has 7 heteroatoms. The maximum Gasteiger partial charge on any atom is 0.243 e. The number of hydrogen-bond donors (Lipinski definition) is 2. The summed E-state index contributed by atoms with van der Waals surface area (Å²) in [7, 11) is -4.41. The fraction of sp³-hybridized carbons (Fsp3) is 0.500. The minimum absolute atomic E-state index is 0.151. The Labute approximate surface area is 116 Å². The van der Waals surface area contributed by atoms with Crippen molar-refractivity contribution in [3.8, 4) is 0 Å². The van der Waals surface area contributed by atoms with E-state index in [0.717, 1.165) is 0 Å². The Balaban J connectivity index is 2.21. The topological polar surface area (TPSA) is 89.3 Å². The largest absolute Gasteiger partial charge is 0.398 e. The Morgan fingerprint density at radius 2 is 1.95 bits per heavy atom. The van der Waals surface area contributed by atoms with Crippen LogP contribution in [0.4, 0.5) is 5.69 Å². The molecule has 1 saturated heterocycles. The standard InChI is InChI=1S/C12H18N2O3S2/c1-9-3-2-4-11(13)12(9)19(16,17)14-10-5-7-18(15)8-6-10/h2-4,10,14H,5-8,13H2,1H3. The second-order valence-corrected chi connectivity index (χ2v) is 8.08. The molecular formula is C12H18N2O3S2. The Morgan fingerprint density at radius 3 is 2.53 bits per heavy atom. The molecule has 0 bridgehead atoms. The van der Waals surface area contributed by atoms with Gasteiger partial charge in [0.2, 0.25) is 10.0 Å². The summed E-state index contributed by atoms with van der Waals surface area (Å²) >= 11 is 0. The van der Waals surface area contributed by atoms with Gasteiger partial charge >= 0.3 is 0 Å². The smallest absolute Gasteiger partial charge is 0.243 e. The summed E-state index contributed by atoms with van der Waals surface area (Å²) in [5.41, 5.74) is 6.65. The molecule has 1 aliphatic rings. The van der Waals surface area contributed by atoms with Crippen molar-refractivity contribution in [3.63, 3.8) is 0 Å². The number of benzene rings is 1. The maximum absolute atomic E-state index is 12.4. The van der Waals surface area contributed by atoms with Crippen molar-refractivity contribution in [3.05, 3.63) is 23.8 Å². The fourth-order valence-electron chi connectivity index (χ4n) is 2.23. The average molecular weight is 302 g/mol. The summed E-state index contributed by atoms with van der Waals surface area (Å²) in [6, 6.07) is 4.88. The Morgan fingerprint density at radius 1 is 1.32 bits per heavy atom. The number of nitrogens with one attached hydrogen (secondary N) is 1. The molecule has 0 aromatic heterocycles. The highest BCUT2D eigenvalue weighted by molar-refractivity contribution is 7.89. The molecule has 0 unspecified atom stereocenters. The van der Waals surface area contributed by atoms with Crippen LogP contribution in [0.25, 0.3) is 0 Å². The van der Waals surface area contributed by atoms with E-state index >= 15 is 0 Å². The number of hydrogen-bond acceptors (Lipinski definition) is 4. The van der Waals surface area contributed by atoms with Gasteiger partial charge in [-0.2, -0.15) is 0 Å². The number of nitrogen functional groups attached to an aromatic ring is 1.